The number of piperidine rings is 1. The molecular formula is C25H28F2N4S. The van der Waals surface area contributed by atoms with Crippen molar-refractivity contribution >= 4 is 29.4 Å². The number of halogens is 2. The predicted molar refractivity (Wildman–Crippen MR) is 130 cm³/mol. The van der Waals surface area contributed by atoms with Crippen molar-refractivity contribution in [3.63, 3.8) is 0 Å². The van der Waals surface area contributed by atoms with Crippen molar-refractivity contribution in [2.45, 2.75) is 37.4 Å². The monoisotopic (exact) mass is 454 g/mol. The maximum atomic E-state index is 13.5. The Bertz CT molecular complexity index is 938. The largest absolute Gasteiger partial charge is 0.323 e. The Labute approximate surface area is 192 Å². The van der Waals surface area contributed by atoms with Crippen LogP contribution in [0.2, 0.25) is 0 Å². The van der Waals surface area contributed by atoms with Crippen molar-refractivity contribution in [1.82, 2.24) is 4.90 Å². The molecule has 0 atom stereocenters. The average Bonchev–Trinajstić information content (AvgIpc) is 3.64. The Morgan fingerprint density at radius 1 is 0.969 bits per heavy atom. The van der Waals surface area contributed by atoms with Gasteiger partial charge in [-0.15, -0.1) is 0 Å². The van der Waals surface area contributed by atoms with E-state index < -0.39 is 0 Å². The summed E-state index contributed by atoms with van der Waals surface area (Å²) in [4.78, 5) is 2.41. The van der Waals surface area contributed by atoms with Gasteiger partial charge in [0, 0.05) is 31.3 Å². The van der Waals surface area contributed by atoms with Crippen molar-refractivity contribution in [2.75, 3.05) is 19.6 Å². The summed E-state index contributed by atoms with van der Waals surface area (Å²) < 4.78 is 31.4. The summed E-state index contributed by atoms with van der Waals surface area (Å²) in [6.07, 6.45) is 6.87. The van der Waals surface area contributed by atoms with E-state index in [0.717, 1.165) is 61.3 Å². The zero-order valence-electron chi connectivity index (χ0n) is 18.0. The lowest BCUT2D eigenvalue weighted by atomic mass is 9.88. The second-order valence-electron chi connectivity index (χ2n) is 8.24. The molecule has 0 radical (unpaired) electrons. The van der Waals surface area contributed by atoms with Gasteiger partial charge in [0.05, 0.1) is 11.9 Å². The Morgan fingerprint density at radius 3 is 2.03 bits per heavy atom. The molecule has 32 heavy (non-hydrogen) atoms. The van der Waals surface area contributed by atoms with E-state index in [0.29, 0.717) is 5.25 Å². The molecule has 1 heterocycles. The smallest absolute Gasteiger partial charge is 0.123 e. The fourth-order valence-electron chi connectivity index (χ4n) is 3.89. The van der Waals surface area contributed by atoms with E-state index in [1.165, 1.54) is 42.7 Å². The van der Waals surface area contributed by atoms with Gasteiger partial charge in [0.25, 0.3) is 0 Å². The molecule has 2 fully saturated rings. The van der Waals surface area contributed by atoms with Gasteiger partial charge < -0.3 is 10.7 Å². The molecule has 1 aliphatic heterocycles. The minimum atomic E-state index is -0.261. The van der Waals surface area contributed by atoms with E-state index in [-0.39, 0.29) is 11.6 Å². The first-order valence-corrected chi connectivity index (χ1v) is 11.9. The van der Waals surface area contributed by atoms with E-state index >= 15 is 0 Å². The molecule has 168 valence electrons. The molecule has 2 N–H and O–H groups in total. The summed E-state index contributed by atoms with van der Waals surface area (Å²) in [5, 5.41) is 4.56. The SMILES string of the molecule is NN=C(C=NSC1CC1)CCN1CCC(=C(c2ccc(F)cc2)c2ccc(F)cc2)CC1. The number of hydrazone groups is 1. The number of hydrogen-bond donors (Lipinski definition) is 1. The molecule has 0 unspecified atom stereocenters. The first-order valence-electron chi connectivity index (χ1n) is 11.0. The number of hydrogen-bond acceptors (Lipinski definition) is 5. The highest BCUT2D eigenvalue weighted by Gasteiger charge is 2.22. The highest BCUT2D eigenvalue weighted by Crippen LogP contribution is 2.34. The van der Waals surface area contributed by atoms with Gasteiger partial charge in [-0.05, 0) is 78.6 Å². The van der Waals surface area contributed by atoms with Crippen LogP contribution in [0.5, 0.6) is 0 Å². The van der Waals surface area contributed by atoms with Crippen LogP contribution in [0.4, 0.5) is 8.78 Å². The minimum absolute atomic E-state index is 0.261. The number of likely N-dealkylation sites (tertiary alicyclic amines) is 1. The fourth-order valence-corrected chi connectivity index (χ4v) is 4.59. The van der Waals surface area contributed by atoms with Crippen LogP contribution in [0, 0.1) is 11.6 Å². The Morgan fingerprint density at radius 2 is 1.53 bits per heavy atom. The van der Waals surface area contributed by atoms with E-state index in [9.17, 15) is 8.78 Å². The van der Waals surface area contributed by atoms with E-state index in [2.05, 4.69) is 14.4 Å². The van der Waals surface area contributed by atoms with Gasteiger partial charge in [0.2, 0.25) is 0 Å². The van der Waals surface area contributed by atoms with Crippen LogP contribution in [0.3, 0.4) is 0 Å². The highest BCUT2D eigenvalue weighted by atomic mass is 32.2. The van der Waals surface area contributed by atoms with Gasteiger partial charge >= 0.3 is 0 Å². The number of benzene rings is 2. The van der Waals surface area contributed by atoms with Crippen molar-refractivity contribution in [3.8, 4) is 0 Å². The average molecular weight is 455 g/mol. The van der Waals surface area contributed by atoms with Crippen molar-refractivity contribution in [1.29, 1.82) is 0 Å². The molecule has 1 saturated carbocycles. The predicted octanol–water partition coefficient (Wildman–Crippen LogP) is 5.45. The lowest BCUT2D eigenvalue weighted by Crippen LogP contribution is -2.33. The lowest BCUT2D eigenvalue weighted by Gasteiger charge is -2.30. The molecule has 2 aliphatic rings. The summed E-state index contributed by atoms with van der Waals surface area (Å²) in [7, 11) is 0. The van der Waals surface area contributed by atoms with Crippen LogP contribution in [-0.4, -0.2) is 41.7 Å². The number of nitrogens with zero attached hydrogens (tertiary/aromatic N) is 3. The van der Waals surface area contributed by atoms with Crippen LogP contribution < -0.4 is 5.84 Å². The molecular weight excluding hydrogens is 426 g/mol. The van der Waals surface area contributed by atoms with Crippen LogP contribution >= 0.6 is 11.9 Å². The van der Waals surface area contributed by atoms with Gasteiger partial charge in [0.15, 0.2) is 0 Å². The van der Waals surface area contributed by atoms with Crippen LogP contribution in [0.15, 0.2) is 63.6 Å². The molecule has 1 saturated heterocycles. The summed E-state index contributed by atoms with van der Waals surface area (Å²) in [6.45, 7) is 2.73. The van der Waals surface area contributed by atoms with Crippen molar-refractivity contribution in [2.24, 2.45) is 15.3 Å². The Balaban J connectivity index is 1.42. The fraction of sp³-hybridized carbons (Fsp3) is 0.360. The van der Waals surface area contributed by atoms with Crippen LogP contribution in [0.25, 0.3) is 5.57 Å². The third-order valence-electron chi connectivity index (χ3n) is 5.86. The third-order valence-corrected chi connectivity index (χ3v) is 6.86. The molecule has 0 aromatic heterocycles. The molecule has 2 aromatic carbocycles. The second-order valence-corrected chi connectivity index (χ2v) is 9.33. The first-order chi connectivity index (χ1) is 15.6. The van der Waals surface area contributed by atoms with Crippen LogP contribution in [0.1, 0.15) is 43.2 Å². The minimum Gasteiger partial charge on any atom is -0.323 e. The molecule has 0 spiro atoms. The zero-order valence-corrected chi connectivity index (χ0v) is 18.8. The summed E-state index contributed by atoms with van der Waals surface area (Å²) in [6, 6.07) is 13.1. The maximum absolute atomic E-state index is 13.5. The zero-order chi connectivity index (χ0) is 22.3. The second kappa shape index (κ2) is 10.9. The quantitative estimate of drug-likeness (QED) is 0.250. The van der Waals surface area contributed by atoms with Crippen LogP contribution in [-0.2, 0) is 0 Å². The lowest BCUT2D eigenvalue weighted by molar-refractivity contribution is 0.264. The van der Waals surface area contributed by atoms with Gasteiger partial charge in [-0.2, -0.15) is 5.10 Å². The number of rotatable bonds is 8. The highest BCUT2D eigenvalue weighted by molar-refractivity contribution is 7.99. The molecule has 2 aromatic rings. The van der Waals surface area contributed by atoms with Gasteiger partial charge in [-0.1, -0.05) is 29.8 Å². The summed E-state index contributed by atoms with van der Waals surface area (Å²) >= 11 is 1.61. The summed E-state index contributed by atoms with van der Waals surface area (Å²) in [5.74, 6) is 5.02. The Hall–Kier alpha value is -2.51. The van der Waals surface area contributed by atoms with E-state index in [1.807, 2.05) is 0 Å². The first kappa shape index (κ1) is 22.7. The summed E-state index contributed by atoms with van der Waals surface area (Å²) in [5.41, 5.74) is 5.14. The van der Waals surface area contributed by atoms with Crippen molar-refractivity contribution < 1.29 is 8.78 Å². The number of nitrogens with two attached hydrogens (primary N) is 1. The molecule has 4 nitrogen and oxygen atoms in total. The Kier molecular flexibility index (Phi) is 7.71. The molecule has 0 bridgehead atoms. The van der Waals surface area contributed by atoms with E-state index in [4.69, 9.17) is 5.84 Å². The van der Waals surface area contributed by atoms with E-state index in [1.54, 1.807) is 42.4 Å². The maximum Gasteiger partial charge on any atom is 0.123 e. The topological polar surface area (TPSA) is 54.0 Å². The molecule has 7 heteroatoms. The standard InChI is InChI=1S/C25H28F2N4S/c26-21-5-1-18(2-6-21)25(19-3-7-22(27)8-4-19)20-11-14-31(15-12-20)16-13-23(30-28)17-29-32-24-9-10-24/h1-8,17,24H,9-16,28H2. The molecule has 1 aliphatic carbocycles. The third kappa shape index (κ3) is 6.26. The molecule has 0 amide bonds. The van der Waals surface area contributed by atoms with Gasteiger partial charge in [-0.3, -0.25) is 0 Å². The van der Waals surface area contributed by atoms with Gasteiger partial charge in [-0.25, -0.2) is 13.2 Å². The molecule has 4 rings (SSSR count). The normalized spacial score (nSPS) is 17.8. The van der Waals surface area contributed by atoms with Gasteiger partial charge in [0.1, 0.15) is 11.6 Å². The van der Waals surface area contributed by atoms with Crippen molar-refractivity contribution in [3.05, 3.63) is 76.9 Å².